The van der Waals surface area contributed by atoms with Crippen molar-refractivity contribution < 1.29 is 14.3 Å². The summed E-state index contributed by atoms with van der Waals surface area (Å²) in [6.45, 7) is 9.77. The van der Waals surface area contributed by atoms with Crippen LogP contribution in [0.1, 0.15) is 26.3 Å². The maximum Gasteiger partial charge on any atom is 0.242 e. The average Bonchev–Trinajstić information content (AvgIpc) is 2.66. The third-order valence-electron chi connectivity index (χ3n) is 4.25. The molecule has 158 valence electrons. The molecule has 1 aliphatic heterocycles. The third kappa shape index (κ3) is 6.58. The quantitative estimate of drug-likeness (QED) is 0.338. The predicted octanol–water partition coefficient (Wildman–Crippen LogP) is 2.99. The first kappa shape index (κ1) is 24.6. The maximum atomic E-state index is 12.4. The summed E-state index contributed by atoms with van der Waals surface area (Å²) in [5.74, 6) is 1.98. The first-order valence-corrected chi connectivity index (χ1v) is 9.73. The summed E-state index contributed by atoms with van der Waals surface area (Å²) in [4.78, 5) is 20.6. The van der Waals surface area contributed by atoms with Gasteiger partial charge >= 0.3 is 0 Å². The van der Waals surface area contributed by atoms with Crippen LogP contribution in [0.5, 0.6) is 11.5 Å². The topological polar surface area (TPSA) is 66.4 Å². The molecule has 1 aliphatic rings. The number of fused-ring (bicyclic) bond motifs is 1. The molecule has 0 aliphatic carbocycles. The van der Waals surface area contributed by atoms with Crippen molar-refractivity contribution in [2.24, 2.45) is 4.99 Å². The Bertz CT molecular complexity index is 683. The van der Waals surface area contributed by atoms with Gasteiger partial charge in [-0.05, 0) is 38.5 Å². The van der Waals surface area contributed by atoms with Gasteiger partial charge in [-0.3, -0.25) is 4.79 Å². The standard InChI is InChI=1S/C19H29ClN4O3.HI/c1-5-21-19(23(4)13-17(25)24(6-2)7-3)22-12-14-10-15(20)18-16(11-14)26-8-9-27-18;/h10-11H,5-9,12-13H2,1-4H3,(H,21,22);1H. The zero-order valence-corrected chi connectivity index (χ0v) is 20.0. The molecule has 1 N–H and O–H groups in total. The number of aliphatic imine (C=N–C) groups is 1. The van der Waals surface area contributed by atoms with Gasteiger partial charge in [0.2, 0.25) is 5.91 Å². The van der Waals surface area contributed by atoms with Crippen molar-refractivity contribution in [3.05, 3.63) is 22.7 Å². The number of amides is 1. The summed E-state index contributed by atoms with van der Waals surface area (Å²) < 4.78 is 11.2. The lowest BCUT2D eigenvalue weighted by Gasteiger charge is -2.25. The Morgan fingerprint density at radius 3 is 2.54 bits per heavy atom. The summed E-state index contributed by atoms with van der Waals surface area (Å²) >= 11 is 6.29. The normalized spacial score (nSPS) is 12.8. The van der Waals surface area contributed by atoms with Gasteiger partial charge < -0.3 is 24.6 Å². The van der Waals surface area contributed by atoms with Crippen LogP contribution < -0.4 is 14.8 Å². The molecule has 28 heavy (non-hydrogen) atoms. The lowest BCUT2D eigenvalue weighted by atomic mass is 10.2. The first-order chi connectivity index (χ1) is 13.0. The fourth-order valence-corrected chi connectivity index (χ4v) is 3.13. The molecular weight excluding hydrogens is 495 g/mol. The number of ether oxygens (including phenoxy) is 2. The van der Waals surface area contributed by atoms with Crippen LogP contribution in [-0.4, -0.2) is 68.1 Å². The zero-order valence-electron chi connectivity index (χ0n) is 17.0. The molecule has 1 aromatic rings. The number of carbonyl (C=O) groups is 1. The van der Waals surface area contributed by atoms with Gasteiger partial charge in [0.25, 0.3) is 0 Å². The molecule has 1 heterocycles. The fraction of sp³-hybridized carbons (Fsp3) is 0.579. The SMILES string of the molecule is CCNC(=NCc1cc(Cl)c2c(c1)OCCO2)N(C)CC(=O)N(CC)CC.I. The molecule has 9 heteroatoms. The van der Waals surface area contributed by atoms with Crippen molar-refractivity contribution in [2.75, 3.05) is 46.4 Å². The Labute approximate surface area is 189 Å². The molecular formula is C19H30ClIN4O3. The van der Waals surface area contributed by atoms with Crippen LogP contribution >= 0.6 is 35.6 Å². The third-order valence-corrected chi connectivity index (χ3v) is 4.53. The van der Waals surface area contributed by atoms with Crippen LogP contribution in [0, 0.1) is 0 Å². The highest BCUT2D eigenvalue weighted by Crippen LogP contribution is 2.38. The highest BCUT2D eigenvalue weighted by molar-refractivity contribution is 14.0. The van der Waals surface area contributed by atoms with Crippen molar-refractivity contribution in [2.45, 2.75) is 27.3 Å². The Morgan fingerprint density at radius 1 is 1.21 bits per heavy atom. The minimum Gasteiger partial charge on any atom is -0.486 e. The molecule has 0 radical (unpaired) electrons. The minimum absolute atomic E-state index is 0. The van der Waals surface area contributed by atoms with Gasteiger partial charge in [0, 0.05) is 26.7 Å². The lowest BCUT2D eigenvalue weighted by Crippen LogP contribution is -2.45. The number of carbonyl (C=O) groups excluding carboxylic acids is 1. The van der Waals surface area contributed by atoms with E-state index in [0.29, 0.717) is 61.9 Å². The minimum atomic E-state index is 0. The van der Waals surface area contributed by atoms with Crippen LogP contribution in [0.4, 0.5) is 0 Å². The van der Waals surface area contributed by atoms with E-state index in [2.05, 4.69) is 10.3 Å². The summed E-state index contributed by atoms with van der Waals surface area (Å²) in [6, 6.07) is 3.73. The second-order valence-electron chi connectivity index (χ2n) is 6.19. The second-order valence-corrected chi connectivity index (χ2v) is 6.60. The molecule has 0 saturated heterocycles. The summed E-state index contributed by atoms with van der Waals surface area (Å²) in [5, 5.41) is 3.75. The van der Waals surface area contributed by atoms with Gasteiger partial charge in [-0.25, -0.2) is 4.99 Å². The van der Waals surface area contributed by atoms with E-state index < -0.39 is 0 Å². The van der Waals surface area contributed by atoms with E-state index >= 15 is 0 Å². The number of nitrogens with zero attached hydrogens (tertiary/aromatic N) is 3. The summed E-state index contributed by atoms with van der Waals surface area (Å²) in [5.41, 5.74) is 0.920. The van der Waals surface area contributed by atoms with Gasteiger partial charge in [0.15, 0.2) is 17.5 Å². The Hall–Kier alpha value is -1.42. The van der Waals surface area contributed by atoms with E-state index in [0.717, 1.165) is 5.56 Å². The van der Waals surface area contributed by atoms with Crippen molar-refractivity contribution in [1.82, 2.24) is 15.1 Å². The highest BCUT2D eigenvalue weighted by atomic mass is 127. The zero-order chi connectivity index (χ0) is 19.8. The Balaban J connectivity index is 0.00000392. The summed E-state index contributed by atoms with van der Waals surface area (Å²) in [7, 11) is 1.86. The van der Waals surface area contributed by atoms with Gasteiger partial charge in [-0.1, -0.05) is 11.6 Å². The number of hydrogen-bond donors (Lipinski definition) is 1. The van der Waals surface area contributed by atoms with Crippen molar-refractivity contribution in [3.8, 4) is 11.5 Å². The fourth-order valence-electron chi connectivity index (χ4n) is 2.85. The molecule has 0 unspecified atom stereocenters. The van der Waals surface area contributed by atoms with Gasteiger partial charge in [-0.2, -0.15) is 0 Å². The van der Waals surface area contributed by atoms with Gasteiger partial charge in [-0.15, -0.1) is 24.0 Å². The number of rotatable bonds is 7. The number of likely N-dealkylation sites (N-methyl/N-ethyl adjacent to an activating group) is 2. The largest absolute Gasteiger partial charge is 0.486 e. The number of hydrogen-bond acceptors (Lipinski definition) is 4. The van der Waals surface area contributed by atoms with Gasteiger partial charge in [0.1, 0.15) is 13.2 Å². The molecule has 0 bridgehead atoms. The Kier molecular flexibility index (Phi) is 10.7. The highest BCUT2D eigenvalue weighted by Gasteiger charge is 2.18. The summed E-state index contributed by atoms with van der Waals surface area (Å²) in [6.07, 6.45) is 0. The second kappa shape index (κ2) is 12.2. The molecule has 0 fully saturated rings. The predicted molar refractivity (Wildman–Crippen MR) is 123 cm³/mol. The van der Waals surface area contributed by atoms with E-state index in [4.69, 9.17) is 21.1 Å². The maximum absolute atomic E-state index is 12.4. The van der Waals surface area contributed by atoms with E-state index in [1.54, 1.807) is 4.90 Å². The van der Waals surface area contributed by atoms with Crippen LogP contribution in [0.3, 0.4) is 0 Å². The number of benzene rings is 1. The molecule has 0 atom stereocenters. The van der Waals surface area contributed by atoms with Crippen LogP contribution in [-0.2, 0) is 11.3 Å². The molecule has 1 amide bonds. The number of halogens is 2. The van der Waals surface area contributed by atoms with Crippen LogP contribution in [0.2, 0.25) is 5.02 Å². The molecule has 2 rings (SSSR count). The number of guanidine groups is 1. The molecule has 0 spiro atoms. The molecule has 1 aromatic carbocycles. The molecule has 0 aromatic heterocycles. The number of nitrogens with one attached hydrogen (secondary N) is 1. The molecule has 0 saturated carbocycles. The van der Waals surface area contributed by atoms with E-state index in [-0.39, 0.29) is 36.4 Å². The average molecular weight is 525 g/mol. The van der Waals surface area contributed by atoms with Crippen molar-refractivity contribution >= 4 is 47.4 Å². The van der Waals surface area contributed by atoms with Crippen molar-refractivity contribution in [3.63, 3.8) is 0 Å². The monoisotopic (exact) mass is 524 g/mol. The van der Waals surface area contributed by atoms with E-state index in [9.17, 15) is 4.79 Å². The molecule has 7 nitrogen and oxygen atoms in total. The first-order valence-electron chi connectivity index (χ1n) is 9.35. The van der Waals surface area contributed by atoms with Gasteiger partial charge in [0.05, 0.1) is 18.1 Å². The van der Waals surface area contributed by atoms with E-state index in [1.165, 1.54) is 0 Å². The van der Waals surface area contributed by atoms with Crippen LogP contribution in [0.15, 0.2) is 17.1 Å². The smallest absolute Gasteiger partial charge is 0.242 e. The Morgan fingerprint density at radius 2 is 1.89 bits per heavy atom. The van der Waals surface area contributed by atoms with Crippen LogP contribution in [0.25, 0.3) is 0 Å². The lowest BCUT2D eigenvalue weighted by molar-refractivity contribution is -0.131. The van der Waals surface area contributed by atoms with E-state index in [1.807, 2.05) is 44.9 Å². The van der Waals surface area contributed by atoms with Crippen molar-refractivity contribution in [1.29, 1.82) is 0 Å².